The van der Waals surface area contributed by atoms with Gasteiger partial charge in [0.2, 0.25) is 17.7 Å². The quantitative estimate of drug-likeness (QED) is 0.584. The number of β-amino-alcohol motifs (C(OH)–C–C–N with tert-alkyl or cyclic N) is 1. The molecule has 1 aliphatic heterocycles. The summed E-state index contributed by atoms with van der Waals surface area (Å²) in [6.07, 6.45) is -0.626. The van der Waals surface area contributed by atoms with Crippen LogP contribution in [-0.4, -0.2) is 52.5 Å². The second-order valence-corrected chi connectivity index (χ2v) is 11.1. The van der Waals surface area contributed by atoms with Crippen LogP contribution in [0, 0.1) is 12.3 Å². The number of nitrogens with zero attached hydrogens (tertiary/aromatic N) is 1. The summed E-state index contributed by atoms with van der Waals surface area (Å²) in [5.74, 6) is -0.988. The largest absolute Gasteiger partial charge is 0.391 e. The van der Waals surface area contributed by atoms with Crippen molar-refractivity contribution in [1.82, 2.24) is 15.5 Å². The van der Waals surface area contributed by atoms with Crippen LogP contribution in [-0.2, 0) is 14.4 Å². The highest BCUT2D eigenvalue weighted by atomic mass is 32.1. The third-order valence-corrected chi connectivity index (χ3v) is 7.28. The number of aryl methyl sites for hydroxylation is 1. The van der Waals surface area contributed by atoms with Crippen molar-refractivity contribution in [2.45, 2.75) is 72.2 Å². The molecule has 0 spiro atoms. The fraction of sp³-hybridized carbons (Fsp3) is 0.500. The second kappa shape index (κ2) is 10.3. The Bertz CT molecular complexity index is 1040. The lowest BCUT2D eigenvalue weighted by atomic mass is 9.85. The van der Waals surface area contributed by atoms with E-state index in [1.807, 2.05) is 52.0 Å². The van der Waals surface area contributed by atoms with Gasteiger partial charge in [-0.3, -0.25) is 14.4 Å². The number of aliphatic hydroxyl groups excluding tert-OH is 1. The number of carbonyl (C=O) groups excluding carboxylic acids is 3. The van der Waals surface area contributed by atoms with Gasteiger partial charge in [0, 0.05) is 24.8 Å². The minimum Gasteiger partial charge on any atom is -0.391 e. The van der Waals surface area contributed by atoms with Crippen molar-refractivity contribution in [3.63, 3.8) is 0 Å². The van der Waals surface area contributed by atoms with E-state index in [-0.39, 0.29) is 36.7 Å². The summed E-state index contributed by atoms with van der Waals surface area (Å²) in [4.78, 5) is 40.9. The smallest absolute Gasteiger partial charge is 0.246 e. The number of hydrogen-bond acceptors (Lipinski definition) is 5. The molecule has 34 heavy (non-hydrogen) atoms. The summed E-state index contributed by atoms with van der Waals surface area (Å²) < 4.78 is 0. The highest BCUT2D eigenvalue weighted by Crippen LogP contribution is 2.30. The Labute approximate surface area is 205 Å². The predicted octanol–water partition coefficient (Wildman–Crippen LogP) is 3.41. The fourth-order valence-corrected chi connectivity index (χ4v) is 5.24. The van der Waals surface area contributed by atoms with E-state index >= 15 is 0 Å². The van der Waals surface area contributed by atoms with E-state index in [9.17, 15) is 19.5 Å². The zero-order valence-electron chi connectivity index (χ0n) is 20.7. The highest BCUT2D eigenvalue weighted by Gasteiger charge is 2.44. The number of nitrogens with one attached hydrogen (secondary N) is 2. The van der Waals surface area contributed by atoms with E-state index in [1.165, 1.54) is 22.3 Å². The first-order chi connectivity index (χ1) is 15.9. The minimum atomic E-state index is -0.795. The Kier molecular flexibility index (Phi) is 7.83. The van der Waals surface area contributed by atoms with E-state index in [4.69, 9.17) is 0 Å². The Hall–Kier alpha value is -2.71. The molecule has 1 aromatic heterocycles. The van der Waals surface area contributed by atoms with Gasteiger partial charge >= 0.3 is 0 Å². The number of benzene rings is 1. The lowest BCUT2D eigenvalue weighted by molar-refractivity contribution is -0.144. The van der Waals surface area contributed by atoms with Gasteiger partial charge in [0.05, 0.1) is 12.1 Å². The van der Waals surface area contributed by atoms with Crippen molar-refractivity contribution < 1.29 is 19.5 Å². The van der Waals surface area contributed by atoms with Crippen molar-refractivity contribution in [3.8, 4) is 10.4 Å². The topological polar surface area (TPSA) is 98.7 Å². The van der Waals surface area contributed by atoms with Crippen LogP contribution in [0.4, 0.5) is 0 Å². The van der Waals surface area contributed by atoms with E-state index in [1.54, 1.807) is 11.3 Å². The van der Waals surface area contributed by atoms with Crippen LogP contribution < -0.4 is 10.6 Å². The molecule has 3 rings (SSSR count). The molecule has 0 radical (unpaired) electrons. The Morgan fingerprint density at radius 2 is 1.76 bits per heavy atom. The molecule has 1 aromatic carbocycles. The standard InChI is InChI=1S/C26H35N3O4S/c1-15-11-12-34-22(15)19-9-7-18(8-10-19)16(2)27-24(32)21-13-20(31)14-29(21)25(33)23(26(4,5)6)28-17(3)30/h7-12,16,20-21,23,31H,13-14H2,1-6H3,(H,27,32)(H,28,30)/t16?,20-,21+,23-/m1/s1. The summed E-state index contributed by atoms with van der Waals surface area (Å²) in [5.41, 5.74) is 2.77. The third kappa shape index (κ3) is 5.85. The summed E-state index contributed by atoms with van der Waals surface area (Å²) in [7, 11) is 0. The zero-order valence-corrected chi connectivity index (χ0v) is 21.5. The summed E-state index contributed by atoms with van der Waals surface area (Å²) in [6, 6.07) is 8.33. The van der Waals surface area contributed by atoms with Gasteiger partial charge in [0.15, 0.2) is 0 Å². The molecule has 1 saturated heterocycles. The maximum absolute atomic E-state index is 13.3. The first-order valence-electron chi connectivity index (χ1n) is 11.6. The van der Waals surface area contributed by atoms with Gasteiger partial charge in [-0.2, -0.15) is 0 Å². The van der Waals surface area contributed by atoms with Crippen LogP contribution in [0.2, 0.25) is 0 Å². The summed E-state index contributed by atoms with van der Waals surface area (Å²) >= 11 is 1.70. The zero-order chi connectivity index (χ0) is 25.2. The Morgan fingerprint density at radius 1 is 1.12 bits per heavy atom. The van der Waals surface area contributed by atoms with Crippen molar-refractivity contribution in [1.29, 1.82) is 0 Å². The Morgan fingerprint density at radius 3 is 2.29 bits per heavy atom. The number of likely N-dealkylation sites (tertiary alicyclic amines) is 1. The average Bonchev–Trinajstić information content (AvgIpc) is 3.36. The molecule has 0 aliphatic carbocycles. The van der Waals surface area contributed by atoms with E-state index in [0.29, 0.717) is 0 Å². The maximum Gasteiger partial charge on any atom is 0.246 e. The van der Waals surface area contributed by atoms with Gasteiger partial charge in [-0.1, -0.05) is 45.0 Å². The van der Waals surface area contributed by atoms with E-state index in [2.05, 4.69) is 29.0 Å². The molecule has 1 unspecified atom stereocenters. The van der Waals surface area contributed by atoms with Gasteiger partial charge in [-0.15, -0.1) is 11.3 Å². The molecular weight excluding hydrogens is 450 g/mol. The fourth-order valence-electron chi connectivity index (χ4n) is 4.31. The van der Waals surface area contributed by atoms with Crippen LogP contribution in [0.3, 0.4) is 0 Å². The first-order valence-corrected chi connectivity index (χ1v) is 12.5. The number of carbonyl (C=O) groups is 3. The van der Waals surface area contributed by atoms with Crippen molar-refractivity contribution in [2.24, 2.45) is 5.41 Å². The van der Waals surface area contributed by atoms with E-state index in [0.717, 1.165) is 11.1 Å². The summed E-state index contributed by atoms with van der Waals surface area (Å²) in [5, 5.41) is 18.1. The van der Waals surface area contributed by atoms with Crippen LogP contribution >= 0.6 is 11.3 Å². The number of thiophene rings is 1. The molecule has 184 valence electrons. The molecule has 3 N–H and O–H groups in total. The van der Waals surface area contributed by atoms with Crippen LogP contribution in [0.15, 0.2) is 35.7 Å². The first kappa shape index (κ1) is 25.9. The molecule has 0 saturated carbocycles. The lowest BCUT2D eigenvalue weighted by Crippen LogP contribution is -2.57. The average molecular weight is 486 g/mol. The molecule has 7 nitrogen and oxygen atoms in total. The van der Waals surface area contributed by atoms with Crippen molar-refractivity contribution in [2.75, 3.05) is 6.54 Å². The molecule has 3 amide bonds. The van der Waals surface area contributed by atoms with Gasteiger partial charge in [-0.05, 0) is 47.4 Å². The van der Waals surface area contributed by atoms with Crippen molar-refractivity contribution in [3.05, 3.63) is 46.8 Å². The van der Waals surface area contributed by atoms with Gasteiger partial charge in [0.1, 0.15) is 12.1 Å². The predicted molar refractivity (Wildman–Crippen MR) is 134 cm³/mol. The van der Waals surface area contributed by atoms with Gasteiger partial charge in [0.25, 0.3) is 0 Å². The second-order valence-electron chi connectivity index (χ2n) is 10.2. The minimum absolute atomic E-state index is 0.0618. The summed E-state index contributed by atoms with van der Waals surface area (Å²) in [6.45, 7) is 11.0. The van der Waals surface area contributed by atoms with Crippen molar-refractivity contribution >= 4 is 29.1 Å². The SMILES string of the molecule is CC(=O)N[C@H](C(=O)N1C[C@H](O)C[C@H]1C(=O)NC(C)c1ccc(-c2sccc2C)cc1)C(C)(C)C. The molecule has 0 bridgehead atoms. The third-order valence-electron chi connectivity index (χ3n) is 6.22. The van der Waals surface area contributed by atoms with Crippen LogP contribution in [0.5, 0.6) is 0 Å². The number of hydrogen-bond donors (Lipinski definition) is 3. The van der Waals surface area contributed by atoms with E-state index < -0.39 is 23.6 Å². The Balaban J connectivity index is 1.72. The van der Waals surface area contributed by atoms with Gasteiger partial charge in [-0.25, -0.2) is 0 Å². The molecule has 1 aliphatic rings. The molecule has 8 heteroatoms. The molecular formula is C26H35N3O4S. The van der Waals surface area contributed by atoms with Crippen LogP contribution in [0.25, 0.3) is 10.4 Å². The number of amides is 3. The molecule has 2 aromatic rings. The lowest BCUT2D eigenvalue weighted by Gasteiger charge is -2.35. The van der Waals surface area contributed by atoms with Gasteiger partial charge < -0.3 is 20.6 Å². The van der Waals surface area contributed by atoms with Crippen LogP contribution in [0.1, 0.15) is 58.2 Å². The number of aliphatic hydroxyl groups is 1. The maximum atomic E-state index is 13.3. The molecule has 2 heterocycles. The molecule has 4 atom stereocenters. The highest BCUT2D eigenvalue weighted by molar-refractivity contribution is 7.13. The molecule has 1 fully saturated rings. The number of rotatable bonds is 6. The monoisotopic (exact) mass is 485 g/mol. The normalized spacial score (nSPS) is 20.0.